The molecule has 0 aliphatic carbocycles. The summed E-state index contributed by atoms with van der Waals surface area (Å²) < 4.78 is 0. The van der Waals surface area contributed by atoms with E-state index in [0.717, 1.165) is 6.42 Å². The average molecular weight is 182 g/mol. The van der Waals surface area contributed by atoms with Crippen molar-refractivity contribution < 1.29 is 4.79 Å². The lowest BCUT2D eigenvalue weighted by atomic mass is 10.1. The van der Waals surface area contributed by atoms with Crippen molar-refractivity contribution in [2.45, 2.75) is 32.7 Å². The molecule has 1 amide bonds. The van der Waals surface area contributed by atoms with Crippen LogP contribution in [0.4, 0.5) is 0 Å². The van der Waals surface area contributed by atoms with E-state index in [9.17, 15) is 4.79 Å². The van der Waals surface area contributed by atoms with Crippen molar-refractivity contribution >= 4 is 5.91 Å². The summed E-state index contributed by atoms with van der Waals surface area (Å²) in [5.74, 6) is 2.36. The van der Waals surface area contributed by atoms with Gasteiger partial charge in [0, 0.05) is 6.54 Å². The molecule has 0 aliphatic rings. The highest BCUT2D eigenvalue weighted by Crippen LogP contribution is 2.04. The van der Waals surface area contributed by atoms with E-state index >= 15 is 0 Å². The molecule has 0 unspecified atom stereocenters. The minimum absolute atomic E-state index is 0.0905. The van der Waals surface area contributed by atoms with Gasteiger partial charge >= 0.3 is 0 Å². The molecule has 0 aromatic heterocycles. The third-order valence-corrected chi connectivity index (χ3v) is 1.61. The first-order valence-electron chi connectivity index (χ1n) is 4.45. The van der Waals surface area contributed by atoms with Crippen LogP contribution in [0.1, 0.15) is 27.2 Å². The number of nitrogens with zero attached hydrogens (tertiary/aromatic N) is 1. The molecule has 0 fully saturated rings. The Hall–Kier alpha value is -1.01. The molecule has 0 heterocycles. The first kappa shape index (κ1) is 12.0. The molecule has 74 valence electrons. The average Bonchev–Trinajstić information content (AvgIpc) is 2.01. The van der Waals surface area contributed by atoms with Crippen molar-refractivity contribution in [2.24, 2.45) is 5.73 Å². The Bertz CT molecular complexity index is 210. The van der Waals surface area contributed by atoms with Crippen LogP contribution in [0, 0.1) is 12.3 Å². The number of terminal acetylenes is 1. The van der Waals surface area contributed by atoms with Crippen LogP contribution in [0.15, 0.2) is 0 Å². The number of carbonyl (C=O) groups is 1. The number of carbonyl (C=O) groups excluding carboxylic acids is 1. The molecule has 0 aromatic carbocycles. The summed E-state index contributed by atoms with van der Waals surface area (Å²) in [6.07, 6.45) is 6.05. The zero-order valence-electron chi connectivity index (χ0n) is 8.63. The first-order valence-corrected chi connectivity index (χ1v) is 4.45. The maximum Gasteiger partial charge on any atom is 0.242 e. The molecule has 0 saturated carbocycles. The second-order valence-corrected chi connectivity index (χ2v) is 3.65. The van der Waals surface area contributed by atoms with Gasteiger partial charge in [-0.3, -0.25) is 4.79 Å². The standard InChI is InChI=1S/C10H18N2O/c1-5-7-12(8-6-2)9(13)10(3,4)11/h1H,6-8,11H2,2-4H3. The van der Waals surface area contributed by atoms with Crippen LogP contribution in [0.25, 0.3) is 0 Å². The van der Waals surface area contributed by atoms with Crippen LogP contribution in [0.3, 0.4) is 0 Å². The predicted molar refractivity (Wildman–Crippen MR) is 54.0 cm³/mol. The minimum atomic E-state index is -0.827. The zero-order chi connectivity index (χ0) is 10.5. The third-order valence-electron chi connectivity index (χ3n) is 1.61. The zero-order valence-corrected chi connectivity index (χ0v) is 8.63. The van der Waals surface area contributed by atoms with Crippen LogP contribution in [0.2, 0.25) is 0 Å². The van der Waals surface area contributed by atoms with E-state index in [2.05, 4.69) is 5.92 Å². The molecule has 0 rings (SSSR count). The molecule has 0 aliphatic heterocycles. The Kier molecular flexibility index (Phi) is 4.50. The SMILES string of the molecule is C#CCN(CCC)C(=O)C(C)(C)N. The monoisotopic (exact) mass is 182 g/mol. The molecule has 3 nitrogen and oxygen atoms in total. The Balaban J connectivity index is 4.38. The van der Waals surface area contributed by atoms with Crippen LogP contribution >= 0.6 is 0 Å². The van der Waals surface area contributed by atoms with E-state index in [0.29, 0.717) is 13.1 Å². The van der Waals surface area contributed by atoms with Crippen molar-refractivity contribution in [1.29, 1.82) is 0 Å². The largest absolute Gasteiger partial charge is 0.330 e. The van der Waals surface area contributed by atoms with Gasteiger partial charge in [-0.2, -0.15) is 0 Å². The maximum absolute atomic E-state index is 11.6. The summed E-state index contributed by atoms with van der Waals surface area (Å²) in [4.78, 5) is 13.3. The third kappa shape index (κ3) is 3.95. The van der Waals surface area contributed by atoms with Gasteiger partial charge in [-0.1, -0.05) is 12.8 Å². The van der Waals surface area contributed by atoms with E-state index in [1.165, 1.54) is 0 Å². The van der Waals surface area contributed by atoms with Gasteiger partial charge in [-0.25, -0.2) is 0 Å². The molecule has 2 N–H and O–H groups in total. The summed E-state index contributed by atoms with van der Waals surface area (Å²) in [6.45, 7) is 6.39. The first-order chi connectivity index (χ1) is 5.93. The summed E-state index contributed by atoms with van der Waals surface area (Å²) in [5, 5.41) is 0. The van der Waals surface area contributed by atoms with Gasteiger partial charge in [0.05, 0.1) is 12.1 Å². The minimum Gasteiger partial charge on any atom is -0.330 e. The molecule has 3 heteroatoms. The predicted octanol–water partition coefficient (Wildman–Crippen LogP) is 0.596. The van der Waals surface area contributed by atoms with Crippen molar-refractivity contribution in [2.75, 3.05) is 13.1 Å². The Morgan fingerprint density at radius 1 is 1.62 bits per heavy atom. The van der Waals surface area contributed by atoms with Crippen LogP contribution < -0.4 is 5.73 Å². The number of rotatable bonds is 4. The molecule has 0 aromatic rings. The molecule has 0 saturated heterocycles. The fourth-order valence-electron chi connectivity index (χ4n) is 1.04. The highest BCUT2D eigenvalue weighted by Gasteiger charge is 2.26. The summed E-state index contributed by atoms with van der Waals surface area (Å²) >= 11 is 0. The van der Waals surface area contributed by atoms with Gasteiger partial charge in [0.15, 0.2) is 0 Å². The van der Waals surface area contributed by atoms with Gasteiger partial charge in [-0.05, 0) is 20.3 Å². The number of amides is 1. The van der Waals surface area contributed by atoms with Crippen molar-refractivity contribution in [1.82, 2.24) is 4.90 Å². The molecule has 0 radical (unpaired) electrons. The molecule has 0 atom stereocenters. The molecular formula is C10H18N2O. The van der Waals surface area contributed by atoms with Crippen molar-refractivity contribution in [3.05, 3.63) is 0 Å². The van der Waals surface area contributed by atoms with Gasteiger partial charge in [-0.15, -0.1) is 6.42 Å². The Morgan fingerprint density at radius 2 is 2.15 bits per heavy atom. The molecule has 0 bridgehead atoms. The lowest BCUT2D eigenvalue weighted by Crippen LogP contribution is -2.51. The molecular weight excluding hydrogens is 164 g/mol. The van der Waals surface area contributed by atoms with Gasteiger partial charge in [0.1, 0.15) is 0 Å². The quantitative estimate of drug-likeness (QED) is 0.647. The number of hydrogen-bond donors (Lipinski definition) is 1. The summed E-state index contributed by atoms with van der Waals surface area (Å²) in [7, 11) is 0. The van der Waals surface area contributed by atoms with Crippen molar-refractivity contribution in [3.63, 3.8) is 0 Å². The highest BCUT2D eigenvalue weighted by atomic mass is 16.2. The van der Waals surface area contributed by atoms with E-state index in [4.69, 9.17) is 12.2 Å². The maximum atomic E-state index is 11.6. The van der Waals surface area contributed by atoms with E-state index in [1.54, 1.807) is 18.7 Å². The fraction of sp³-hybridized carbons (Fsp3) is 0.700. The lowest BCUT2D eigenvalue weighted by molar-refractivity contribution is -0.135. The number of nitrogens with two attached hydrogens (primary N) is 1. The lowest BCUT2D eigenvalue weighted by Gasteiger charge is -2.27. The van der Waals surface area contributed by atoms with Crippen molar-refractivity contribution in [3.8, 4) is 12.3 Å². The fourth-order valence-corrected chi connectivity index (χ4v) is 1.04. The van der Waals surface area contributed by atoms with E-state index in [1.807, 2.05) is 6.92 Å². The Morgan fingerprint density at radius 3 is 2.46 bits per heavy atom. The Labute approximate surface area is 80.3 Å². The van der Waals surface area contributed by atoms with E-state index in [-0.39, 0.29) is 5.91 Å². The van der Waals surface area contributed by atoms with Crippen LogP contribution in [-0.4, -0.2) is 29.4 Å². The second-order valence-electron chi connectivity index (χ2n) is 3.65. The van der Waals surface area contributed by atoms with E-state index < -0.39 is 5.54 Å². The molecule has 0 spiro atoms. The van der Waals surface area contributed by atoms with Crippen LogP contribution in [0.5, 0.6) is 0 Å². The molecule has 13 heavy (non-hydrogen) atoms. The van der Waals surface area contributed by atoms with Crippen LogP contribution in [-0.2, 0) is 4.79 Å². The van der Waals surface area contributed by atoms with Gasteiger partial charge in [0.25, 0.3) is 0 Å². The number of hydrogen-bond acceptors (Lipinski definition) is 2. The topological polar surface area (TPSA) is 46.3 Å². The second kappa shape index (κ2) is 4.88. The summed E-state index contributed by atoms with van der Waals surface area (Å²) in [5.41, 5.74) is 4.85. The summed E-state index contributed by atoms with van der Waals surface area (Å²) in [6, 6.07) is 0. The highest BCUT2D eigenvalue weighted by molar-refractivity contribution is 5.85. The van der Waals surface area contributed by atoms with Gasteiger partial charge in [0.2, 0.25) is 5.91 Å². The van der Waals surface area contributed by atoms with Gasteiger partial charge < -0.3 is 10.6 Å². The normalized spacial score (nSPS) is 10.7. The smallest absolute Gasteiger partial charge is 0.242 e.